The summed E-state index contributed by atoms with van der Waals surface area (Å²) in [5.74, 6) is 2.33. The average Bonchev–Trinajstić information content (AvgIpc) is 2.72. The number of rotatable bonds is 7. The minimum absolute atomic E-state index is 0.129. The maximum atomic E-state index is 12.9. The summed E-state index contributed by atoms with van der Waals surface area (Å²) in [6.07, 6.45) is 0.808. The Bertz CT molecular complexity index is 887. The van der Waals surface area contributed by atoms with Gasteiger partial charge in [-0.2, -0.15) is 0 Å². The number of halogens is 1. The van der Waals surface area contributed by atoms with Gasteiger partial charge in [-0.05, 0) is 47.9 Å². The van der Waals surface area contributed by atoms with Crippen LogP contribution in [0.2, 0.25) is 5.02 Å². The molecule has 0 spiro atoms. The number of quaternary nitrogens is 1. The Kier molecular flexibility index (Phi) is 6.87. The second kappa shape index (κ2) is 9.37. The summed E-state index contributed by atoms with van der Waals surface area (Å²) >= 11 is 6.12. The number of carbonyl (C=O) groups is 1. The number of methoxy groups -OCH3 is 3. The molecular weight excluding hydrogens is 392 g/mol. The molecule has 1 N–H and O–H groups in total. The van der Waals surface area contributed by atoms with Gasteiger partial charge in [0.1, 0.15) is 12.3 Å². The first-order chi connectivity index (χ1) is 13.9. The molecule has 156 valence electrons. The van der Waals surface area contributed by atoms with E-state index in [-0.39, 0.29) is 5.91 Å². The van der Waals surface area contributed by atoms with Crippen molar-refractivity contribution in [3.05, 3.63) is 52.0 Å². The molecule has 2 aromatic rings. The minimum Gasteiger partial charge on any atom is -0.496 e. The van der Waals surface area contributed by atoms with Gasteiger partial charge in [0.2, 0.25) is 0 Å². The quantitative estimate of drug-likeness (QED) is 0.745. The molecule has 1 aliphatic rings. The van der Waals surface area contributed by atoms with E-state index in [9.17, 15) is 4.79 Å². The number of fused-ring (bicyclic) bond motifs is 1. The van der Waals surface area contributed by atoms with Crippen molar-refractivity contribution in [2.24, 2.45) is 0 Å². The zero-order valence-corrected chi connectivity index (χ0v) is 18.1. The molecule has 1 unspecified atom stereocenters. The normalized spacial score (nSPS) is 14.2. The Morgan fingerprint density at radius 3 is 2.34 bits per heavy atom. The van der Waals surface area contributed by atoms with Gasteiger partial charge in [0.05, 0.1) is 28.4 Å². The average molecular weight is 420 g/mol. The second-order valence-electron chi connectivity index (χ2n) is 7.31. The van der Waals surface area contributed by atoms with Crippen LogP contribution in [0.3, 0.4) is 0 Å². The zero-order valence-electron chi connectivity index (χ0n) is 17.4. The molecule has 6 nitrogen and oxygen atoms in total. The second-order valence-corrected chi connectivity index (χ2v) is 7.74. The van der Waals surface area contributed by atoms with E-state index in [4.69, 9.17) is 25.8 Å². The molecule has 1 aliphatic heterocycles. The number of hydrogen-bond donors (Lipinski definition) is 1. The van der Waals surface area contributed by atoms with Crippen molar-refractivity contribution in [2.45, 2.75) is 19.5 Å². The lowest BCUT2D eigenvalue weighted by Gasteiger charge is -2.30. The highest BCUT2D eigenvalue weighted by Gasteiger charge is 2.25. The molecule has 29 heavy (non-hydrogen) atoms. The van der Waals surface area contributed by atoms with Crippen LogP contribution in [0.5, 0.6) is 17.2 Å². The van der Waals surface area contributed by atoms with E-state index in [2.05, 4.69) is 0 Å². The standard InChI is InChI=1S/C22H27ClN2O4/c1-24(12-17-9-18(23)5-6-19(17)27-2)14-22(26)25-8-7-15-10-20(28-3)21(29-4)11-16(15)13-25/h5-6,9-11H,7-8,12-14H2,1-4H3/p+1. The number of likely N-dealkylation sites (N-methyl/N-ethyl adjacent to an activating group) is 1. The van der Waals surface area contributed by atoms with Crippen LogP contribution in [-0.4, -0.2) is 52.3 Å². The molecule has 0 aliphatic carbocycles. The number of ether oxygens (including phenoxy) is 3. The topological polar surface area (TPSA) is 52.4 Å². The summed E-state index contributed by atoms with van der Waals surface area (Å²) in [5, 5.41) is 0.664. The van der Waals surface area contributed by atoms with Gasteiger partial charge >= 0.3 is 0 Å². The molecule has 0 saturated carbocycles. The van der Waals surface area contributed by atoms with Gasteiger partial charge < -0.3 is 24.0 Å². The SMILES string of the molecule is COc1ccc(Cl)cc1C[NH+](C)CC(=O)N1CCc2cc(OC)c(OC)cc2C1. The van der Waals surface area contributed by atoms with E-state index in [0.29, 0.717) is 37.0 Å². The van der Waals surface area contributed by atoms with Crippen molar-refractivity contribution >= 4 is 17.5 Å². The third-order valence-corrected chi connectivity index (χ3v) is 5.49. The molecule has 0 fully saturated rings. The summed E-state index contributed by atoms with van der Waals surface area (Å²) in [7, 11) is 6.90. The fourth-order valence-electron chi connectivity index (χ4n) is 3.74. The Balaban J connectivity index is 1.65. The summed E-state index contributed by atoms with van der Waals surface area (Å²) in [4.78, 5) is 15.9. The predicted molar refractivity (Wildman–Crippen MR) is 112 cm³/mol. The summed E-state index contributed by atoms with van der Waals surface area (Å²) in [5.41, 5.74) is 3.30. The third kappa shape index (κ3) is 4.95. The van der Waals surface area contributed by atoms with Crippen molar-refractivity contribution in [1.82, 2.24) is 4.90 Å². The highest BCUT2D eigenvalue weighted by molar-refractivity contribution is 6.30. The van der Waals surface area contributed by atoms with Gasteiger partial charge in [0, 0.05) is 23.7 Å². The Morgan fingerprint density at radius 1 is 1.03 bits per heavy atom. The Morgan fingerprint density at radius 2 is 1.69 bits per heavy atom. The van der Waals surface area contributed by atoms with Gasteiger partial charge in [0.25, 0.3) is 5.91 Å². The molecule has 2 aromatic carbocycles. The number of hydrogen-bond acceptors (Lipinski definition) is 4. The fourth-order valence-corrected chi connectivity index (χ4v) is 3.93. The van der Waals surface area contributed by atoms with Gasteiger partial charge in [-0.15, -0.1) is 0 Å². The third-order valence-electron chi connectivity index (χ3n) is 5.26. The lowest BCUT2D eigenvalue weighted by Crippen LogP contribution is -3.08. The summed E-state index contributed by atoms with van der Waals surface area (Å²) in [6, 6.07) is 9.54. The van der Waals surface area contributed by atoms with Crippen molar-refractivity contribution < 1.29 is 23.9 Å². The van der Waals surface area contributed by atoms with Gasteiger partial charge in [-0.3, -0.25) is 4.79 Å². The molecule has 3 rings (SSSR count). The van der Waals surface area contributed by atoms with Crippen LogP contribution >= 0.6 is 11.6 Å². The molecule has 1 heterocycles. The number of nitrogens with one attached hydrogen (secondary N) is 1. The Labute approximate surface area is 176 Å². The van der Waals surface area contributed by atoms with Crippen LogP contribution in [0.4, 0.5) is 0 Å². The van der Waals surface area contributed by atoms with E-state index < -0.39 is 0 Å². The van der Waals surface area contributed by atoms with Crippen LogP contribution in [0, 0.1) is 0 Å². The largest absolute Gasteiger partial charge is 0.496 e. The van der Waals surface area contributed by atoms with Crippen LogP contribution in [0.1, 0.15) is 16.7 Å². The summed E-state index contributed by atoms with van der Waals surface area (Å²) < 4.78 is 16.2. The summed E-state index contributed by atoms with van der Waals surface area (Å²) in [6.45, 7) is 2.35. The molecule has 7 heteroatoms. The number of carbonyl (C=O) groups excluding carboxylic acids is 1. The smallest absolute Gasteiger partial charge is 0.278 e. The fraction of sp³-hybridized carbons (Fsp3) is 0.409. The van der Waals surface area contributed by atoms with E-state index in [1.54, 1.807) is 27.4 Å². The maximum absolute atomic E-state index is 12.9. The van der Waals surface area contributed by atoms with E-state index in [1.807, 2.05) is 36.2 Å². The molecular formula is C22H28ClN2O4+. The highest BCUT2D eigenvalue weighted by Crippen LogP contribution is 2.33. The van der Waals surface area contributed by atoms with Crippen LogP contribution < -0.4 is 19.1 Å². The first-order valence-corrected chi connectivity index (χ1v) is 9.98. The Hall–Kier alpha value is -2.44. The van der Waals surface area contributed by atoms with Gasteiger partial charge in [-0.25, -0.2) is 0 Å². The van der Waals surface area contributed by atoms with E-state index >= 15 is 0 Å². The van der Waals surface area contributed by atoms with Gasteiger partial charge in [0.15, 0.2) is 18.0 Å². The van der Waals surface area contributed by atoms with Crippen molar-refractivity contribution in [3.8, 4) is 17.2 Å². The highest BCUT2D eigenvalue weighted by atomic mass is 35.5. The van der Waals surface area contributed by atoms with Crippen LogP contribution in [0.15, 0.2) is 30.3 Å². The molecule has 1 atom stereocenters. The first kappa shape index (κ1) is 21.3. The zero-order chi connectivity index (χ0) is 21.0. The first-order valence-electron chi connectivity index (χ1n) is 9.60. The van der Waals surface area contributed by atoms with Crippen molar-refractivity contribution in [3.63, 3.8) is 0 Å². The predicted octanol–water partition coefficient (Wildman–Crippen LogP) is 1.97. The van der Waals surface area contributed by atoms with E-state index in [0.717, 1.165) is 33.9 Å². The molecule has 1 amide bonds. The van der Waals surface area contributed by atoms with Crippen LogP contribution in [-0.2, 0) is 24.3 Å². The van der Waals surface area contributed by atoms with Crippen molar-refractivity contribution in [1.29, 1.82) is 0 Å². The lowest BCUT2D eigenvalue weighted by molar-refractivity contribution is -0.885. The minimum atomic E-state index is 0.129. The van der Waals surface area contributed by atoms with Gasteiger partial charge in [-0.1, -0.05) is 11.6 Å². The lowest BCUT2D eigenvalue weighted by atomic mass is 9.98. The maximum Gasteiger partial charge on any atom is 0.278 e. The molecule has 0 radical (unpaired) electrons. The van der Waals surface area contributed by atoms with E-state index in [1.165, 1.54) is 5.56 Å². The van der Waals surface area contributed by atoms with Crippen LogP contribution in [0.25, 0.3) is 0 Å². The molecule has 0 bridgehead atoms. The molecule has 0 aromatic heterocycles. The molecule has 0 saturated heterocycles. The monoisotopic (exact) mass is 419 g/mol. The number of benzene rings is 2. The number of amides is 1. The van der Waals surface area contributed by atoms with Crippen molar-refractivity contribution in [2.75, 3.05) is 41.5 Å². The number of nitrogens with zero attached hydrogens (tertiary/aromatic N) is 1.